The Morgan fingerprint density at radius 3 is 3.00 bits per heavy atom. The monoisotopic (exact) mass is 349 g/mol. The van der Waals surface area contributed by atoms with Crippen LogP contribution < -0.4 is 5.56 Å². The van der Waals surface area contributed by atoms with Crippen LogP contribution in [0, 0.1) is 0 Å². The minimum absolute atomic E-state index is 0.141. The van der Waals surface area contributed by atoms with Gasteiger partial charge in [-0.2, -0.15) is 5.10 Å². The van der Waals surface area contributed by atoms with Crippen molar-refractivity contribution in [1.82, 2.24) is 34.6 Å². The molecule has 1 fully saturated rings. The summed E-state index contributed by atoms with van der Waals surface area (Å²) in [4.78, 5) is 30.3. The average Bonchev–Trinajstić information content (AvgIpc) is 3.33. The highest BCUT2D eigenvalue weighted by atomic mass is 16.1. The Balaban J connectivity index is 1.47. The SMILES string of the molecule is Cn1ncc2c(=O)[nH]c(CN3CCC[C@@H]3c3nc4ccccc4[nH]3)nc21. The Morgan fingerprint density at radius 1 is 1.23 bits per heavy atom. The number of hydrogen-bond donors (Lipinski definition) is 2. The molecule has 0 radical (unpaired) electrons. The van der Waals surface area contributed by atoms with Crippen LogP contribution in [0.25, 0.3) is 22.1 Å². The molecule has 1 aliphatic heterocycles. The highest BCUT2D eigenvalue weighted by molar-refractivity contribution is 5.75. The number of nitrogens with zero attached hydrogens (tertiary/aromatic N) is 5. The second-order valence-electron chi connectivity index (χ2n) is 6.79. The van der Waals surface area contributed by atoms with E-state index < -0.39 is 0 Å². The van der Waals surface area contributed by atoms with Crippen LogP contribution in [-0.4, -0.2) is 41.2 Å². The average molecular weight is 349 g/mol. The quantitative estimate of drug-likeness (QED) is 0.589. The Kier molecular flexibility index (Phi) is 3.39. The number of likely N-dealkylation sites (tertiary alicyclic amines) is 1. The molecule has 0 saturated carbocycles. The van der Waals surface area contributed by atoms with Gasteiger partial charge in [0, 0.05) is 7.05 Å². The standard InChI is InChI=1S/C18H19N7O/c1-24-17-11(9-19-24)18(26)23-15(22-17)10-25-8-4-7-14(25)16-20-12-5-2-3-6-13(12)21-16/h2-3,5-6,9,14H,4,7-8,10H2,1H3,(H,20,21)(H,22,23,26)/t14-/m1/s1. The zero-order chi connectivity index (χ0) is 17.7. The molecule has 8 heteroatoms. The van der Waals surface area contributed by atoms with Crippen molar-refractivity contribution < 1.29 is 0 Å². The first kappa shape index (κ1) is 15.3. The van der Waals surface area contributed by atoms with Gasteiger partial charge in [-0.3, -0.25) is 14.4 Å². The third-order valence-corrected chi connectivity index (χ3v) is 5.09. The van der Waals surface area contributed by atoms with Gasteiger partial charge in [0.1, 0.15) is 17.0 Å². The van der Waals surface area contributed by atoms with Gasteiger partial charge in [0.15, 0.2) is 5.65 Å². The van der Waals surface area contributed by atoms with Crippen LogP contribution in [-0.2, 0) is 13.6 Å². The van der Waals surface area contributed by atoms with Crippen molar-refractivity contribution in [2.24, 2.45) is 7.05 Å². The predicted octanol–water partition coefficient (Wildman–Crippen LogP) is 1.87. The number of benzene rings is 1. The van der Waals surface area contributed by atoms with Crippen LogP contribution in [0.2, 0.25) is 0 Å². The molecule has 1 saturated heterocycles. The summed E-state index contributed by atoms with van der Waals surface area (Å²) in [6.07, 6.45) is 3.69. The van der Waals surface area contributed by atoms with Crippen molar-refractivity contribution in [2.45, 2.75) is 25.4 Å². The van der Waals surface area contributed by atoms with E-state index in [1.165, 1.54) is 0 Å². The molecule has 0 unspecified atom stereocenters. The maximum Gasteiger partial charge on any atom is 0.262 e. The van der Waals surface area contributed by atoms with Gasteiger partial charge in [-0.15, -0.1) is 0 Å². The highest BCUT2D eigenvalue weighted by Gasteiger charge is 2.29. The summed E-state index contributed by atoms with van der Waals surface area (Å²) in [6.45, 7) is 1.53. The molecule has 0 aliphatic carbocycles. The fourth-order valence-corrected chi connectivity index (χ4v) is 3.80. The number of imidazole rings is 1. The molecule has 1 aromatic carbocycles. The second-order valence-corrected chi connectivity index (χ2v) is 6.79. The summed E-state index contributed by atoms with van der Waals surface area (Å²) < 4.78 is 1.63. The predicted molar refractivity (Wildman–Crippen MR) is 97.6 cm³/mol. The van der Waals surface area contributed by atoms with Crippen LogP contribution in [0.4, 0.5) is 0 Å². The number of nitrogens with one attached hydrogen (secondary N) is 2. The first-order chi connectivity index (χ1) is 12.7. The van der Waals surface area contributed by atoms with Crippen LogP contribution >= 0.6 is 0 Å². The Bertz CT molecular complexity index is 1120. The number of rotatable bonds is 3. The molecule has 1 atom stereocenters. The van der Waals surface area contributed by atoms with Gasteiger partial charge in [0.25, 0.3) is 5.56 Å². The van der Waals surface area contributed by atoms with Crippen LogP contribution in [0.1, 0.15) is 30.5 Å². The van der Waals surface area contributed by atoms with E-state index in [0.29, 0.717) is 23.4 Å². The number of aromatic nitrogens is 6. The molecule has 3 aromatic heterocycles. The first-order valence-electron chi connectivity index (χ1n) is 8.78. The van der Waals surface area contributed by atoms with Gasteiger partial charge in [-0.25, -0.2) is 9.97 Å². The highest BCUT2D eigenvalue weighted by Crippen LogP contribution is 2.32. The molecule has 132 valence electrons. The molecule has 1 aliphatic rings. The summed E-state index contributed by atoms with van der Waals surface area (Å²) in [5.74, 6) is 1.64. The number of para-hydroxylation sites is 2. The molecule has 4 heterocycles. The summed E-state index contributed by atoms with van der Waals surface area (Å²) in [5, 5.41) is 4.64. The van der Waals surface area contributed by atoms with Crippen molar-refractivity contribution in [3.63, 3.8) is 0 Å². The van der Waals surface area contributed by atoms with E-state index in [-0.39, 0.29) is 11.6 Å². The van der Waals surface area contributed by atoms with Crippen molar-refractivity contribution in [1.29, 1.82) is 0 Å². The maximum absolute atomic E-state index is 12.3. The van der Waals surface area contributed by atoms with Gasteiger partial charge < -0.3 is 9.97 Å². The third-order valence-electron chi connectivity index (χ3n) is 5.09. The van der Waals surface area contributed by atoms with Gasteiger partial charge in [-0.1, -0.05) is 12.1 Å². The molecular formula is C18H19N7O. The fraction of sp³-hybridized carbons (Fsp3) is 0.333. The number of hydrogen-bond acceptors (Lipinski definition) is 5. The van der Waals surface area contributed by atoms with E-state index in [0.717, 1.165) is 36.2 Å². The lowest BCUT2D eigenvalue weighted by Gasteiger charge is -2.22. The lowest BCUT2D eigenvalue weighted by Crippen LogP contribution is -2.26. The summed E-state index contributed by atoms with van der Waals surface area (Å²) in [7, 11) is 1.80. The lowest BCUT2D eigenvalue weighted by molar-refractivity contribution is 0.235. The normalized spacial score (nSPS) is 18.3. The van der Waals surface area contributed by atoms with E-state index in [2.05, 4.69) is 25.0 Å². The van der Waals surface area contributed by atoms with Gasteiger partial charge in [0.05, 0.1) is 29.8 Å². The van der Waals surface area contributed by atoms with Crippen molar-refractivity contribution in [3.8, 4) is 0 Å². The Labute approximate surface area is 148 Å². The zero-order valence-electron chi connectivity index (χ0n) is 14.4. The molecule has 8 nitrogen and oxygen atoms in total. The van der Waals surface area contributed by atoms with E-state index in [1.807, 2.05) is 24.3 Å². The molecule has 2 N–H and O–H groups in total. The Hall–Kier alpha value is -3.00. The summed E-state index contributed by atoms with van der Waals surface area (Å²) >= 11 is 0. The number of fused-ring (bicyclic) bond motifs is 2. The molecule has 0 bridgehead atoms. The molecular weight excluding hydrogens is 330 g/mol. The first-order valence-corrected chi connectivity index (χ1v) is 8.78. The third kappa shape index (κ3) is 2.41. The topological polar surface area (TPSA) is 95.5 Å². The van der Waals surface area contributed by atoms with Crippen LogP contribution in [0.3, 0.4) is 0 Å². The molecule has 26 heavy (non-hydrogen) atoms. The second kappa shape index (κ2) is 5.77. The van der Waals surface area contributed by atoms with E-state index in [9.17, 15) is 4.79 Å². The summed E-state index contributed by atoms with van der Waals surface area (Å²) in [6, 6.07) is 8.27. The molecule has 0 spiro atoms. The van der Waals surface area contributed by atoms with Crippen molar-refractivity contribution in [2.75, 3.05) is 6.54 Å². The number of aryl methyl sites for hydroxylation is 1. The smallest absolute Gasteiger partial charge is 0.262 e. The fourth-order valence-electron chi connectivity index (χ4n) is 3.80. The van der Waals surface area contributed by atoms with E-state index >= 15 is 0 Å². The minimum Gasteiger partial charge on any atom is -0.341 e. The van der Waals surface area contributed by atoms with E-state index in [4.69, 9.17) is 4.98 Å². The minimum atomic E-state index is -0.141. The van der Waals surface area contributed by atoms with Crippen molar-refractivity contribution >= 4 is 22.1 Å². The Morgan fingerprint density at radius 2 is 2.12 bits per heavy atom. The van der Waals surface area contributed by atoms with Gasteiger partial charge in [-0.05, 0) is 31.5 Å². The molecule has 4 aromatic rings. The largest absolute Gasteiger partial charge is 0.341 e. The van der Waals surface area contributed by atoms with Crippen molar-refractivity contribution in [3.05, 3.63) is 52.5 Å². The van der Waals surface area contributed by atoms with Gasteiger partial charge >= 0.3 is 0 Å². The number of aromatic amines is 2. The number of H-pyrrole nitrogens is 2. The zero-order valence-corrected chi connectivity index (χ0v) is 14.4. The van der Waals surface area contributed by atoms with Crippen LogP contribution in [0.15, 0.2) is 35.3 Å². The maximum atomic E-state index is 12.3. The molecule has 0 amide bonds. The summed E-state index contributed by atoms with van der Waals surface area (Å²) in [5.41, 5.74) is 2.51. The lowest BCUT2D eigenvalue weighted by atomic mass is 10.2. The van der Waals surface area contributed by atoms with Gasteiger partial charge in [0.2, 0.25) is 0 Å². The van der Waals surface area contributed by atoms with E-state index in [1.54, 1.807) is 17.9 Å². The molecule has 5 rings (SSSR count). The van der Waals surface area contributed by atoms with Crippen LogP contribution in [0.5, 0.6) is 0 Å².